The van der Waals surface area contributed by atoms with Gasteiger partial charge in [-0.25, -0.2) is 0 Å². The number of aromatic nitrogens is 1. The van der Waals surface area contributed by atoms with E-state index in [1.54, 1.807) is 0 Å². The second-order valence-electron chi connectivity index (χ2n) is 5.71. The van der Waals surface area contributed by atoms with E-state index in [0.717, 1.165) is 24.6 Å². The molecule has 0 spiro atoms. The number of fused-ring (bicyclic) bond motifs is 1. The maximum atomic E-state index is 4.59. The predicted octanol–water partition coefficient (Wildman–Crippen LogP) is 4.46. The van der Waals surface area contributed by atoms with E-state index in [0.29, 0.717) is 0 Å². The Kier molecular flexibility index (Phi) is 3.45. The molecule has 0 N–H and O–H groups in total. The van der Waals surface area contributed by atoms with Crippen LogP contribution in [0.15, 0.2) is 54.0 Å². The van der Waals surface area contributed by atoms with Crippen LogP contribution in [0.3, 0.4) is 0 Å². The molecule has 4 rings (SSSR count). The third-order valence-corrected chi connectivity index (χ3v) is 4.95. The Bertz CT molecular complexity index is 727. The van der Waals surface area contributed by atoms with Crippen LogP contribution in [0, 0.1) is 0 Å². The fourth-order valence-corrected chi connectivity index (χ4v) is 3.60. The van der Waals surface area contributed by atoms with Crippen LogP contribution in [-0.4, -0.2) is 15.9 Å². The quantitative estimate of drug-likeness (QED) is 0.690. The Morgan fingerprint density at radius 3 is 2.76 bits per heavy atom. The van der Waals surface area contributed by atoms with Crippen molar-refractivity contribution in [2.75, 3.05) is 0 Å². The van der Waals surface area contributed by atoms with Crippen molar-refractivity contribution in [2.45, 2.75) is 32.0 Å². The molecular weight excluding hydrogens is 276 g/mol. The molecule has 1 aliphatic rings. The molecule has 1 fully saturated rings. The van der Waals surface area contributed by atoms with E-state index in [4.69, 9.17) is 0 Å². The molecule has 106 valence electrons. The molecule has 21 heavy (non-hydrogen) atoms. The normalized spacial score (nSPS) is 14.9. The number of hydrogen-bond acceptors (Lipinski definition) is 3. The van der Waals surface area contributed by atoms with Gasteiger partial charge in [-0.3, -0.25) is 9.88 Å². The summed E-state index contributed by atoms with van der Waals surface area (Å²) in [7, 11) is 0. The van der Waals surface area contributed by atoms with Gasteiger partial charge in [-0.15, -0.1) is 11.3 Å². The zero-order valence-electron chi connectivity index (χ0n) is 11.9. The van der Waals surface area contributed by atoms with Crippen molar-refractivity contribution >= 4 is 22.2 Å². The molecule has 3 aromatic rings. The first-order chi connectivity index (χ1) is 10.4. The molecule has 0 unspecified atom stereocenters. The molecule has 2 aromatic heterocycles. The summed E-state index contributed by atoms with van der Waals surface area (Å²) in [4.78, 5) is 8.65. The van der Waals surface area contributed by atoms with Gasteiger partial charge in [0, 0.05) is 35.6 Å². The summed E-state index contributed by atoms with van der Waals surface area (Å²) >= 11 is 1.85. The molecule has 0 amide bonds. The van der Waals surface area contributed by atoms with E-state index in [1.807, 2.05) is 23.6 Å². The van der Waals surface area contributed by atoms with E-state index >= 15 is 0 Å². The first-order valence-electron chi connectivity index (χ1n) is 7.49. The number of benzene rings is 1. The van der Waals surface area contributed by atoms with Crippen LogP contribution in [0.2, 0.25) is 0 Å². The molecule has 1 aliphatic carbocycles. The molecule has 2 heterocycles. The van der Waals surface area contributed by atoms with Gasteiger partial charge in [0.05, 0.1) is 5.52 Å². The van der Waals surface area contributed by atoms with Gasteiger partial charge in [0.15, 0.2) is 0 Å². The van der Waals surface area contributed by atoms with Crippen molar-refractivity contribution in [3.8, 4) is 0 Å². The van der Waals surface area contributed by atoms with Gasteiger partial charge in [-0.05, 0) is 35.9 Å². The van der Waals surface area contributed by atoms with Crippen molar-refractivity contribution in [1.82, 2.24) is 9.88 Å². The standard InChI is InChI=1S/C18H18N2S/c1-4-14-6-2-10-19-18(14)15(5-1)12-20(16-8-9-16)13-17-7-3-11-21-17/h1-7,10-11,16H,8-9,12-13H2. The molecular formula is C18H18N2S. The molecule has 1 saturated carbocycles. The lowest BCUT2D eigenvalue weighted by atomic mass is 10.1. The van der Waals surface area contributed by atoms with Gasteiger partial charge >= 0.3 is 0 Å². The third-order valence-electron chi connectivity index (χ3n) is 4.09. The van der Waals surface area contributed by atoms with Crippen LogP contribution in [0.5, 0.6) is 0 Å². The molecule has 1 aromatic carbocycles. The van der Waals surface area contributed by atoms with Crippen LogP contribution in [-0.2, 0) is 13.1 Å². The number of rotatable bonds is 5. The molecule has 0 aliphatic heterocycles. The second-order valence-corrected chi connectivity index (χ2v) is 6.74. The maximum Gasteiger partial charge on any atom is 0.0746 e. The van der Waals surface area contributed by atoms with Gasteiger partial charge in [-0.2, -0.15) is 0 Å². The summed E-state index contributed by atoms with van der Waals surface area (Å²) in [6, 6.07) is 15.8. The van der Waals surface area contributed by atoms with E-state index in [-0.39, 0.29) is 0 Å². The summed E-state index contributed by atoms with van der Waals surface area (Å²) < 4.78 is 0. The van der Waals surface area contributed by atoms with Crippen LogP contribution >= 0.6 is 11.3 Å². The number of hydrogen-bond donors (Lipinski definition) is 0. The summed E-state index contributed by atoms with van der Waals surface area (Å²) in [5.41, 5.74) is 2.49. The fourth-order valence-electron chi connectivity index (χ4n) is 2.87. The zero-order valence-corrected chi connectivity index (χ0v) is 12.7. The first-order valence-corrected chi connectivity index (χ1v) is 8.37. The number of thiophene rings is 1. The van der Waals surface area contributed by atoms with Gasteiger partial charge in [0.2, 0.25) is 0 Å². The lowest BCUT2D eigenvalue weighted by molar-refractivity contribution is 0.249. The van der Waals surface area contributed by atoms with Gasteiger partial charge in [-0.1, -0.05) is 30.3 Å². The SMILES string of the molecule is c1csc(CN(Cc2cccc3cccnc23)C2CC2)c1. The average molecular weight is 294 g/mol. The Balaban J connectivity index is 1.62. The van der Waals surface area contributed by atoms with Crippen LogP contribution in [0.25, 0.3) is 10.9 Å². The fraction of sp³-hybridized carbons (Fsp3) is 0.278. The van der Waals surface area contributed by atoms with Crippen LogP contribution in [0.4, 0.5) is 0 Å². The maximum absolute atomic E-state index is 4.59. The minimum Gasteiger partial charge on any atom is -0.291 e. The van der Waals surface area contributed by atoms with E-state index in [2.05, 4.69) is 51.7 Å². The molecule has 0 atom stereocenters. The average Bonchev–Trinajstić information content (AvgIpc) is 3.25. The smallest absolute Gasteiger partial charge is 0.0746 e. The molecule has 0 saturated heterocycles. The summed E-state index contributed by atoms with van der Waals surface area (Å²) in [6.07, 6.45) is 4.57. The van der Waals surface area contributed by atoms with Gasteiger partial charge < -0.3 is 0 Å². The van der Waals surface area contributed by atoms with E-state index in [9.17, 15) is 0 Å². The second kappa shape index (κ2) is 5.58. The largest absolute Gasteiger partial charge is 0.291 e. The first kappa shape index (κ1) is 13.0. The monoisotopic (exact) mass is 294 g/mol. The minimum atomic E-state index is 0.756. The summed E-state index contributed by atoms with van der Waals surface area (Å²) in [5.74, 6) is 0. The van der Waals surface area contributed by atoms with Crippen molar-refractivity contribution < 1.29 is 0 Å². The highest BCUT2D eigenvalue weighted by molar-refractivity contribution is 7.09. The number of para-hydroxylation sites is 1. The molecule has 2 nitrogen and oxygen atoms in total. The topological polar surface area (TPSA) is 16.1 Å². The Labute approximate surface area is 129 Å². The highest BCUT2D eigenvalue weighted by Crippen LogP contribution is 2.31. The third kappa shape index (κ3) is 2.85. The Morgan fingerprint density at radius 1 is 1.05 bits per heavy atom. The Hall–Kier alpha value is -1.71. The van der Waals surface area contributed by atoms with Crippen molar-refractivity contribution in [3.05, 3.63) is 64.5 Å². The number of pyridine rings is 1. The number of nitrogens with zero attached hydrogens (tertiary/aromatic N) is 2. The summed E-state index contributed by atoms with van der Waals surface area (Å²) in [5, 5.41) is 3.40. The van der Waals surface area contributed by atoms with E-state index in [1.165, 1.54) is 28.7 Å². The zero-order chi connectivity index (χ0) is 14.1. The van der Waals surface area contributed by atoms with Crippen molar-refractivity contribution in [1.29, 1.82) is 0 Å². The predicted molar refractivity (Wildman–Crippen MR) is 88.3 cm³/mol. The molecule has 3 heteroatoms. The Morgan fingerprint density at radius 2 is 1.95 bits per heavy atom. The van der Waals surface area contributed by atoms with Gasteiger partial charge in [0.1, 0.15) is 0 Å². The van der Waals surface area contributed by atoms with Crippen molar-refractivity contribution in [3.63, 3.8) is 0 Å². The highest BCUT2D eigenvalue weighted by atomic mass is 32.1. The van der Waals surface area contributed by atoms with Crippen molar-refractivity contribution in [2.24, 2.45) is 0 Å². The minimum absolute atomic E-state index is 0.756. The molecule has 0 radical (unpaired) electrons. The van der Waals surface area contributed by atoms with Gasteiger partial charge in [0.25, 0.3) is 0 Å². The lowest BCUT2D eigenvalue weighted by Gasteiger charge is -2.22. The lowest BCUT2D eigenvalue weighted by Crippen LogP contribution is -2.24. The summed E-state index contributed by atoms with van der Waals surface area (Å²) in [6.45, 7) is 2.06. The van der Waals surface area contributed by atoms with E-state index < -0.39 is 0 Å². The highest BCUT2D eigenvalue weighted by Gasteiger charge is 2.29. The van der Waals surface area contributed by atoms with Crippen LogP contribution < -0.4 is 0 Å². The molecule has 0 bridgehead atoms. The van der Waals surface area contributed by atoms with Crippen LogP contribution in [0.1, 0.15) is 23.3 Å².